The van der Waals surface area contributed by atoms with Crippen LogP contribution in [0.3, 0.4) is 0 Å². The predicted molar refractivity (Wildman–Crippen MR) is 105 cm³/mol. The van der Waals surface area contributed by atoms with Crippen molar-refractivity contribution in [3.63, 3.8) is 0 Å². The third-order valence-electron chi connectivity index (χ3n) is 4.71. The van der Waals surface area contributed by atoms with Crippen LogP contribution in [0, 0.1) is 0 Å². The Hall–Kier alpha value is -3.10. The first-order valence-electron chi connectivity index (χ1n) is 9.32. The summed E-state index contributed by atoms with van der Waals surface area (Å²) in [5, 5.41) is 8.89. The third-order valence-corrected chi connectivity index (χ3v) is 4.71. The summed E-state index contributed by atoms with van der Waals surface area (Å²) in [5.41, 5.74) is 12.7. The van der Waals surface area contributed by atoms with Crippen molar-refractivity contribution in [3.8, 4) is 0 Å². The number of hydrogen-bond donors (Lipinski definition) is 4. The van der Waals surface area contributed by atoms with Gasteiger partial charge in [-0.2, -0.15) is 0 Å². The fourth-order valence-electron chi connectivity index (χ4n) is 3.12. The summed E-state index contributed by atoms with van der Waals surface area (Å²) in [6.07, 6.45) is 3.46. The number of nitrogens with two attached hydrogens (primary N) is 2. The second-order valence-electron chi connectivity index (χ2n) is 6.87. The van der Waals surface area contributed by atoms with Crippen LogP contribution in [0.5, 0.6) is 0 Å². The normalized spacial score (nSPS) is 13.9. The number of carboxylic acid groups (broad SMARTS) is 1. The first kappa shape index (κ1) is 21.2. The van der Waals surface area contributed by atoms with Crippen molar-refractivity contribution in [3.05, 3.63) is 29.3 Å². The average molecular weight is 390 g/mol. The molecule has 0 aliphatic carbocycles. The molecule has 1 aromatic rings. The fraction of sp³-hybridized carbons (Fsp3) is 0.474. The zero-order valence-corrected chi connectivity index (χ0v) is 16.1. The molecule has 28 heavy (non-hydrogen) atoms. The average Bonchev–Trinajstić information content (AvgIpc) is 2.73. The van der Waals surface area contributed by atoms with Crippen molar-refractivity contribution in [1.82, 2.24) is 4.90 Å². The van der Waals surface area contributed by atoms with Crippen molar-refractivity contribution >= 4 is 29.4 Å². The molecule has 0 atom stereocenters. The lowest BCUT2D eigenvalue weighted by molar-refractivity contribution is -0.459. The number of nitrogens with one attached hydrogen (secondary N) is 1. The molecule has 0 saturated carbocycles. The Balaban J connectivity index is 2.09. The summed E-state index contributed by atoms with van der Waals surface area (Å²) in [5.74, 6) is -1.34. The summed E-state index contributed by atoms with van der Waals surface area (Å²) in [4.78, 5) is 41.7. The summed E-state index contributed by atoms with van der Waals surface area (Å²) in [6, 6.07) is 5.52. The van der Waals surface area contributed by atoms with Gasteiger partial charge in [0.2, 0.25) is 5.91 Å². The van der Waals surface area contributed by atoms with Crippen molar-refractivity contribution in [2.75, 3.05) is 31.6 Å². The molecule has 0 aromatic heterocycles. The first-order valence-corrected chi connectivity index (χ1v) is 9.32. The third kappa shape index (κ3) is 5.70. The number of carbonyl (C=O) groups excluding carboxylic acids is 2. The zero-order chi connectivity index (χ0) is 20.7. The number of likely N-dealkylation sites (N-methyl/N-ethyl adjacent to an activating group) is 1. The molecule has 1 aromatic carbocycles. The van der Waals surface area contributed by atoms with E-state index >= 15 is 0 Å². The Labute approximate surface area is 164 Å². The molecule has 2 amide bonds. The summed E-state index contributed by atoms with van der Waals surface area (Å²) < 4.78 is 0. The molecule has 0 fully saturated rings. The van der Waals surface area contributed by atoms with Crippen molar-refractivity contribution < 1.29 is 24.5 Å². The van der Waals surface area contributed by atoms with E-state index in [-0.39, 0.29) is 37.3 Å². The van der Waals surface area contributed by atoms with Crippen molar-refractivity contribution in [2.24, 2.45) is 11.5 Å². The lowest BCUT2D eigenvalue weighted by Crippen LogP contribution is -2.78. The van der Waals surface area contributed by atoms with E-state index < -0.39 is 5.97 Å². The molecule has 9 nitrogen and oxygen atoms in total. The highest BCUT2D eigenvalue weighted by Gasteiger charge is 2.30. The van der Waals surface area contributed by atoms with Crippen LogP contribution in [0.25, 0.3) is 0 Å². The number of carboxylic acids is 1. The van der Waals surface area contributed by atoms with Gasteiger partial charge in [0.1, 0.15) is 6.54 Å². The minimum absolute atomic E-state index is 0.00566. The van der Waals surface area contributed by atoms with Gasteiger partial charge in [-0.05, 0) is 43.4 Å². The molecule has 1 aliphatic rings. The smallest absolute Gasteiger partial charge is 0.338 e. The lowest BCUT2D eigenvalue weighted by Gasteiger charge is -2.19. The van der Waals surface area contributed by atoms with E-state index in [2.05, 4.69) is 4.99 Å². The molecule has 0 saturated heterocycles. The molecule has 0 spiro atoms. The maximum atomic E-state index is 12.9. The number of fused-ring (bicyclic) bond motifs is 1. The molecular formula is C19H28N5O4+. The van der Waals surface area contributed by atoms with E-state index in [1.165, 1.54) is 9.80 Å². The first-order chi connectivity index (χ1) is 13.3. The van der Waals surface area contributed by atoms with Gasteiger partial charge in [0.15, 0.2) is 0 Å². The molecule has 0 radical (unpaired) electrons. The number of aryl methyl sites for hydroxylation is 1. The van der Waals surface area contributed by atoms with Gasteiger partial charge in [0.25, 0.3) is 5.91 Å². The van der Waals surface area contributed by atoms with Gasteiger partial charge in [0.05, 0.1) is 24.2 Å². The Morgan fingerprint density at radius 2 is 1.96 bits per heavy atom. The maximum absolute atomic E-state index is 12.9. The Morgan fingerprint density at radius 1 is 1.21 bits per heavy atom. The number of aliphatic carboxylic acids is 1. The second-order valence-corrected chi connectivity index (χ2v) is 6.87. The highest BCUT2D eigenvalue weighted by Crippen LogP contribution is 2.26. The van der Waals surface area contributed by atoms with Crippen LogP contribution < -0.4 is 21.4 Å². The quantitative estimate of drug-likeness (QED) is 0.233. The monoisotopic (exact) mass is 390 g/mol. The minimum atomic E-state index is -1.00. The Bertz CT molecular complexity index is 774. The lowest BCUT2D eigenvalue weighted by atomic mass is 10.0. The summed E-state index contributed by atoms with van der Waals surface area (Å²) >= 11 is 0. The Morgan fingerprint density at radius 3 is 2.64 bits per heavy atom. The molecule has 0 unspecified atom stereocenters. The molecule has 2 rings (SSSR count). The second kappa shape index (κ2) is 9.72. The molecule has 6 N–H and O–H groups in total. The van der Waals surface area contributed by atoms with Crippen LogP contribution in [0.15, 0.2) is 18.2 Å². The number of nitrogens with zero attached hydrogens (tertiary/aromatic N) is 2. The highest BCUT2D eigenvalue weighted by molar-refractivity contribution is 6.09. The predicted octanol–water partition coefficient (Wildman–Crippen LogP) is -1.35. The van der Waals surface area contributed by atoms with Crippen LogP contribution >= 0.6 is 0 Å². The number of carbonyl (C=O) groups is 3. The van der Waals surface area contributed by atoms with Crippen LogP contribution in [0.4, 0.5) is 5.69 Å². The fourth-order valence-corrected chi connectivity index (χ4v) is 3.12. The van der Waals surface area contributed by atoms with Crippen molar-refractivity contribution in [1.29, 1.82) is 0 Å². The number of rotatable bonds is 9. The molecule has 1 aliphatic heterocycles. The SMILES string of the molecule is CN1C(=O)CN(CCC(=O)O)C(=O)c2cc(CCCCC[NH+]=C(N)N)ccc21. The van der Waals surface area contributed by atoms with Gasteiger partial charge in [-0.3, -0.25) is 30.8 Å². The molecule has 9 heteroatoms. The van der Waals surface area contributed by atoms with Crippen molar-refractivity contribution in [2.45, 2.75) is 32.1 Å². The van der Waals surface area contributed by atoms with Crippen LogP contribution in [0.2, 0.25) is 0 Å². The molecule has 1 heterocycles. The van der Waals surface area contributed by atoms with Crippen LogP contribution in [0.1, 0.15) is 41.6 Å². The number of amides is 2. The zero-order valence-electron chi connectivity index (χ0n) is 16.1. The number of unbranched alkanes of at least 4 members (excludes halogenated alkanes) is 2. The largest absolute Gasteiger partial charge is 0.481 e. The topological polar surface area (TPSA) is 144 Å². The van der Waals surface area contributed by atoms with Gasteiger partial charge in [-0.1, -0.05) is 6.07 Å². The van der Waals surface area contributed by atoms with E-state index in [4.69, 9.17) is 16.6 Å². The molecular weight excluding hydrogens is 362 g/mol. The van der Waals surface area contributed by atoms with E-state index in [9.17, 15) is 14.4 Å². The number of anilines is 1. The van der Waals surface area contributed by atoms with Crippen LogP contribution in [-0.4, -0.2) is 60.4 Å². The number of hydrogen-bond acceptors (Lipinski definition) is 3. The van der Waals surface area contributed by atoms with Gasteiger partial charge in [-0.25, -0.2) is 0 Å². The number of guanidine groups is 1. The van der Waals surface area contributed by atoms with Crippen LogP contribution in [-0.2, 0) is 16.0 Å². The van der Waals surface area contributed by atoms with E-state index in [0.29, 0.717) is 11.3 Å². The van der Waals surface area contributed by atoms with Gasteiger partial charge < -0.3 is 14.9 Å². The summed E-state index contributed by atoms with van der Waals surface area (Å²) in [7, 11) is 1.63. The highest BCUT2D eigenvalue weighted by atomic mass is 16.4. The van der Waals surface area contributed by atoms with Gasteiger partial charge in [-0.15, -0.1) is 0 Å². The summed E-state index contributed by atoms with van der Waals surface area (Å²) in [6.45, 7) is 0.600. The van der Waals surface area contributed by atoms with E-state index in [0.717, 1.165) is 37.8 Å². The standard InChI is InChI=1S/C19H27N5O4/c1-23-15-7-6-13(5-3-2-4-9-22-19(20)21)11-14(15)18(28)24(12-16(23)25)10-8-17(26)27/h6-7,11H,2-5,8-10,12H2,1H3,(H,26,27)(H4,20,21,22)/p+1. The van der Waals surface area contributed by atoms with Gasteiger partial charge in [0, 0.05) is 13.6 Å². The number of benzene rings is 1. The molecule has 152 valence electrons. The Kier molecular flexibility index (Phi) is 7.36. The van der Waals surface area contributed by atoms with E-state index in [1.807, 2.05) is 12.1 Å². The molecule has 0 bridgehead atoms. The minimum Gasteiger partial charge on any atom is -0.481 e. The van der Waals surface area contributed by atoms with Gasteiger partial charge >= 0.3 is 11.9 Å². The maximum Gasteiger partial charge on any atom is 0.338 e. The van der Waals surface area contributed by atoms with E-state index in [1.54, 1.807) is 13.1 Å².